The number of oxazole rings is 1. The van der Waals surface area contributed by atoms with Gasteiger partial charge in [-0.05, 0) is 29.8 Å². The average Bonchev–Trinajstić information content (AvgIpc) is 3.44. The predicted octanol–water partition coefficient (Wildman–Crippen LogP) is 2.98. The van der Waals surface area contributed by atoms with Crippen LogP contribution in [0.15, 0.2) is 51.7 Å². The summed E-state index contributed by atoms with van der Waals surface area (Å²) in [6.45, 7) is 6.11. The zero-order valence-electron chi connectivity index (χ0n) is 15.0. The second-order valence-corrected chi connectivity index (χ2v) is 6.86. The summed E-state index contributed by atoms with van der Waals surface area (Å²) in [6.07, 6.45) is 3.34. The molecule has 27 heavy (non-hydrogen) atoms. The van der Waals surface area contributed by atoms with E-state index in [4.69, 9.17) is 18.3 Å². The SMILES string of the molecule is c1coc(-c2nc(CN3CCN(Cc4ccc5c(c4)OCO5)CC3)co2)c1. The Hall–Kier alpha value is -2.77. The van der Waals surface area contributed by atoms with Crippen LogP contribution in [0.4, 0.5) is 0 Å². The number of ether oxygens (including phenoxy) is 2. The normalized spacial score (nSPS) is 17.5. The highest BCUT2D eigenvalue weighted by molar-refractivity contribution is 5.44. The smallest absolute Gasteiger partial charge is 0.263 e. The first-order chi connectivity index (χ1) is 13.3. The molecule has 0 bridgehead atoms. The molecule has 140 valence electrons. The van der Waals surface area contributed by atoms with Crippen LogP contribution in [-0.4, -0.2) is 47.8 Å². The van der Waals surface area contributed by atoms with E-state index in [2.05, 4.69) is 26.9 Å². The second-order valence-electron chi connectivity index (χ2n) is 6.86. The van der Waals surface area contributed by atoms with E-state index >= 15 is 0 Å². The van der Waals surface area contributed by atoms with Crippen molar-refractivity contribution in [2.24, 2.45) is 0 Å². The Morgan fingerprint density at radius 1 is 0.889 bits per heavy atom. The van der Waals surface area contributed by atoms with Gasteiger partial charge >= 0.3 is 0 Å². The van der Waals surface area contributed by atoms with E-state index in [-0.39, 0.29) is 0 Å². The van der Waals surface area contributed by atoms with Crippen molar-refractivity contribution < 1.29 is 18.3 Å². The predicted molar refractivity (Wildman–Crippen MR) is 97.3 cm³/mol. The first-order valence-corrected chi connectivity index (χ1v) is 9.15. The Balaban J connectivity index is 1.14. The molecule has 7 nitrogen and oxygen atoms in total. The molecule has 1 aromatic carbocycles. The molecule has 0 radical (unpaired) electrons. The van der Waals surface area contributed by atoms with Crippen LogP contribution in [0, 0.1) is 0 Å². The van der Waals surface area contributed by atoms with Crippen LogP contribution in [0.2, 0.25) is 0 Å². The van der Waals surface area contributed by atoms with E-state index in [1.54, 1.807) is 12.5 Å². The number of piperazine rings is 1. The van der Waals surface area contributed by atoms with Crippen molar-refractivity contribution in [1.29, 1.82) is 0 Å². The molecule has 4 heterocycles. The van der Waals surface area contributed by atoms with Crippen LogP contribution in [0.25, 0.3) is 11.7 Å². The Bertz CT molecular complexity index is 898. The van der Waals surface area contributed by atoms with Gasteiger partial charge in [0.2, 0.25) is 6.79 Å². The van der Waals surface area contributed by atoms with Crippen LogP contribution >= 0.6 is 0 Å². The molecule has 0 N–H and O–H groups in total. The molecule has 2 aliphatic rings. The van der Waals surface area contributed by atoms with Gasteiger partial charge in [0, 0.05) is 39.3 Å². The fraction of sp³-hybridized carbons (Fsp3) is 0.350. The number of hydrogen-bond acceptors (Lipinski definition) is 7. The summed E-state index contributed by atoms with van der Waals surface area (Å²) in [4.78, 5) is 9.39. The van der Waals surface area contributed by atoms with Gasteiger partial charge in [0.05, 0.1) is 12.0 Å². The Morgan fingerprint density at radius 3 is 2.52 bits per heavy atom. The fourth-order valence-electron chi connectivity index (χ4n) is 3.53. The van der Waals surface area contributed by atoms with Crippen molar-refractivity contribution in [3.05, 3.63) is 54.1 Å². The van der Waals surface area contributed by atoms with Gasteiger partial charge in [-0.3, -0.25) is 9.80 Å². The van der Waals surface area contributed by atoms with Crippen LogP contribution < -0.4 is 9.47 Å². The third-order valence-electron chi connectivity index (χ3n) is 4.98. The van der Waals surface area contributed by atoms with Gasteiger partial charge < -0.3 is 18.3 Å². The molecule has 0 aliphatic carbocycles. The standard InChI is InChI=1S/C20H21N3O4/c1-2-18(24-9-1)20-21-16(13-25-20)12-23-7-5-22(6-8-23)11-15-3-4-17-19(10-15)27-14-26-17/h1-4,9-10,13H,5-8,11-12,14H2. The Morgan fingerprint density at radius 2 is 1.70 bits per heavy atom. The molecule has 7 heteroatoms. The van der Waals surface area contributed by atoms with Crippen molar-refractivity contribution in [3.63, 3.8) is 0 Å². The van der Waals surface area contributed by atoms with E-state index in [1.807, 2.05) is 18.2 Å². The maximum Gasteiger partial charge on any atom is 0.263 e. The molecule has 1 fully saturated rings. The van der Waals surface area contributed by atoms with Crippen LogP contribution in [0.5, 0.6) is 11.5 Å². The van der Waals surface area contributed by atoms with Gasteiger partial charge in [0.1, 0.15) is 6.26 Å². The van der Waals surface area contributed by atoms with Crippen LogP contribution in [-0.2, 0) is 13.1 Å². The third-order valence-corrected chi connectivity index (χ3v) is 4.98. The molecule has 2 aromatic heterocycles. The van der Waals surface area contributed by atoms with Gasteiger partial charge in [-0.2, -0.15) is 0 Å². The van der Waals surface area contributed by atoms with Gasteiger partial charge in [0.15, 0.2) is 17.3 Å². The molecule has 0 saturated carbocycles. The number of aromatic nitrogens is 1. The lowest BCUT2D eigenvalue weighted by atomic mass is 10.1. The summed E-state index contributed by atoms with van der Waals surface area (Å²) in [5.74, 6) is 2.89. The Labute approximate surface area is 157 Å². The topological polar surface area (TPSA) is 64.1 Å². The maximum atomic E-state index is 5.52. The first kappa shape index (κ1) is 16.4. The third kappa shape index (κ3) is 3.56. The minimum absolute atomic E-state index is 0.321. The molecular weight excluding hydrogens is 346 g/mol. The molecule has 0 amide bonds. The quantitative estimate of drug-likeness (QED) is 0.687. The molecule has 0 atom stereocenters. The van der Waals surface area contributed by atoms with Gasteiger partial charge in [-0.15, -0.1) is 0 Å². The van der Waals surface area contributed by atoms with Crippen molar-refractivity contribution in [1.82, 2.24) is 14.8 Å². The molecule has 5 rings (SSSR count). The monoisotopic (exact) mass is 367 g/mol. The van der Waals surface area contributed by atoms with E-state index in [9.17, 15) is 0 Å². The molecule has 0 unspecified atom stereocenters. The van der Waals surface area contributed by atoms with Crippen molar-refractivity contribution in [3.8, 4) is 23.1 Å². The van der Waals surface area contributed by atoms with Gasteiger partial charge in [0.25, 0.3) is 5.89 Å². The summed E-state index contributed by atoms with van der Waals surface area (Å²) < 4.78 is 21.7. The van der Waals surface area contributed by atoms with Crippen LogP contribution in [0.1, 0.15) is 11.3 Å². The Kier molecular flexibility index (Phi) is 4.31. The molecule has 3 aromatic rings. The van der Waals surface area contributed by atoms with E-state index in [1.165, 1.54) is 5.56 Å². The molecule has 0 spiro atoms. The fourth-order valence-corrected chi connectivity index (χ4v) is 3.53. The number of fused-ring (bicyclic) bond motifs is 1. The average molecular weight is 367 g/mol. The summed E-state index contributed by atoms with van der Waals surface area (Å²) in [5.41, 5.74) is 2.19. The maximum absolute atomic E-state index is 5.52. The van der Waals surface area contributed by atoms with Crippen LogP contribution in [0.3, 0.4) is 0 Å². The van der Waals surface area contributed by atoms with Gasteiger partial charge in [-0.25, -0.2) is 4.98 Å². The van der Waals surface area contributed by atoms with Crippen molar-refractivity contribution in [2.45, 2.75) is 13.1 Å². The zero-order valence-corrected chi connectivity index (χ0v) is 15.0. The molecule has 2 aliphatic heterocycles. The summed E-state index contributed by atoms with van der Waals surface area (Å²) in [5, 5.41) is 0. The van der Waals surface area contributed by atoms with Crippen molar-refractivity contribution in [2.75, 3.05) is 33.0 Å². The number of nitrogens with zero attached hydrogens (tertiary/aromatic N) is 3. The summed E-state index contributed by atoms with van der Waals surface area (Å²) >= 11 is 0. The minimum atomic E-state index is 0.321. The summed E-state index contributed by atoms with van der Waals surface area (Å²) in [7, 11) is 0. The lowest BCUT2D eigenvalue weighted by Crippen LogP contribution is -2.45. The number of furan rings is 1. The number of rotatable bonds is 5. The highest BCUT2D eigenvalue weighted by atomic mass is 16.7. The molecular formula is C20H21N3O4. The highest BCUT2D eigenvalue weighted by Gasteiger charge is 2.20. The van der Waals surface area contributed by atoms with Crippen molar-refractivity contribution >= 4 is 0 Å². The zero-order chi connectivity index (χ0) is 18.1. The van der Waals surface area contributed by atoms with Gasteiger partial charge in [-0.1, -0.05) is 6.07 Å². The lowest BCUT2D eigenvalue weighted by molar-refractivity contribution is 0.121. The highest BCUT2D eigenvalue weighted by Crippen LogP contribution is 2.32. The van der Waals surface area contributed by atoms with E-state index < -0.39 is 0 Å². The van der Waals surface area contributed by atoms with E-state index in [0.717, 1.165) is 56.5 Å². The number of benzene rings is 1. The minimum Gasteiger partial charge on any atom is -0.459 e. The number of hydrogen-bond donors (Lipinski definition) is 0. The largest absolute Gasteiger partial charge is 0.459 e. The van der Waals surface area contributed by atoms with E-state index in [0.29, 0.717) is 18.4 Å². The first-order valence-electron chi connectivity index (χ1n) is 9.15. The molecule has 1 saturated heterocycles. The summed E-state index contributed by atoms with van der Waals surface area (Å²) in [6, 6.07) is 9.88. The lowest BCUT2D eigenvalue weighted by Gasteiger charge is -2.34. The second kappa shape index (κ2) is 7.09.